The van der Waals surface area contributed by atoms with E-state index < -0.39 is 11.9 Å². The Kier molecular flexibility index (Phi) is 4.54. The lowest BCUT2D eigenvalue weighted by molar-refractivity contribution is -0.141. The maximum absolute atomic E-state index is 12.7. The zero-order chi connectivity index (χ0) is 19.7. The predicted octanol–water partition coefficient (Wildman–Crippen LogP) is 3.79. The molecule has 3 heterocycles. The monoisotopic (exact) mass is 387 g/mol. The van der Waals surface area contributed by atoms with Crippen LogP contribution in [0.1, 0.15) is 16.1 Å². The number of benzene rings is 1. The van der Waals surface area contributed by atoms with Crippen LogP contribution in [0.5, 0.6) is 5.88 Å². The fourth-order valence-corrected chi connectivity index (χ4v) is 2.95. The van der Waals surface area contributed by atoms with Gasteiger partial charge in [0.25, 0.3) is 5.91 Å². The van der Waals surface area contributed by atoms with Gasteiger partial charge in [-0.3, -0.25) is 4.79 Å². The van der Waals surface area contributed by atoms with Crippen molar-refractivity contribution in [2.75, 3.05) is 13.1 Å². The fourth-order valence-electron chi connectivity index (χ4n) is 2.95. The van der Waals surface area contributed by atoms with Crippen molar-refractivity contribution < 1.29 is 22.7 Å². The van der Waals surface area contributed by atoms with E-state index in [9.17, 15) is 18.0 Å². The van der Waals surface area contributed by atoms with Crippen LogP contribution < -0.4 is 4.74 Å². The highest BCUT2D eigenvalue weighted by Gasteiger charge is 2.35. The third-order valence-corrected chi connectivity index (χ3v) is 4.45. The summed E-state index contributed by atoms with van der Waals surface area (Å²) in [4.78, 5) is 17.6. The van der Waals surface area contributed by atoms with Crippen molar-refractivity contribution in [3.05, 3.63) is 78.2 Å². The number of likely N-dealkylation sites (tertiary alicyclic amines) is 1. The maximum Gasteiger partial charge on any atom is 0.433 e. The molecule has 1 amide bonds. The van der Waals surface area contributed by atoms with Crippen LogP contribution in [0.25, 0.3) is 5.69 Å². The van der Waals surface area contributed by atoms with Gasteiger partial charge < -0.3 is 14.2 Å². The van der Waals surface area contributed by atoms with E-state index in [1.165, 1.54) is 12.1 Å². The molecule has 0 unspecified atom stereocenters. The summed E-state index contributed by atoms with van der Waals surface area (Å²) >= 11 is 0. The second-order valence-corrected chi connectivity index (χ2v) is 6.45. The summed E-state index contributed by atoms with van der Waals surface area (Å²) < 4.78 is 45.5. The van der Waals surface area contributed by atoms with E-state index in [-0.39, 0.29) is 17.9 Å². The van der Waals surface area contributed by atoms with Gasteiger partial charge in [0.2, 0.25) is 5.88 Å². The average Bonchev–Trinajstić information content (AvgIpc) is 3.18. The lowest BCUT2D eigenvalue weighted by atomic mass is 10.1. The minimum Gasteiger partial charge on any atom is -0.471 e. The van der Waals surface area contributed by atoms with Crippen molar-refractivity contribution in [2.24, 2.45) is 0 Å². The molecule has 4 rings (SSSR count). The van der Waals surface area contributed by atoms with Crippen LogP contribution in [0.2, 0.25) is 0 Å². The molecular formula is C20H16F3N3O2. The maximum atomic E-state index is 12.7. The van der Waals surface area contributed by atoms with E-state index in [0.717, 1.165) is 11.8 Å². The number of aromatic nitrogens is 2. The molecule has 3 aromatic rings. The molecule has 144 valence electrons. The van der Waals surface area contributed by atoms with Gasteiger partial charge >= 0.3 is 6.18 Å². The lowest BCUT2D eigenvalue weighted by Gasteiger charge is -2.38. The molecule has 0 radical (unpaired) electrons. The van der Waals surface area contributed by atoms with E-state index in [1.807, 2.05) is 41.2 Å². The van der Waals surface area contributed by atoms with Crippen molar-refractivity contribution >= 4 is 5.91 Å². The first kappa shape index (κ1) is 18.1. The molecule has 1 aliphatic rings. The van der Waals surface area contributed by atoms with Gasteiger partial charge in [0.05, 0.1) is 13.1 Å². The molecule has 0 bridgehead atoms. The normalized spacial score (nSPS) is 14.6. The Bertz CT molecular complexity index is 963. The highest BCUT2D eigenvalue weighted by molar-refractivity contribution is 5.95. The minimum atomic E-state index is -4.52. The van der Waals surface area contributed by atoms with Crippen LogP contribution in [0.3, 0.4) is 0 Å². The Labute approximate surface area is 159 Å². The average molecular weight is 387 g/mol. The first-order valence-electron chi connectivity index (χ1n) is 8.64. The molecule has 5 nitrogen and oxygen atoms in total. The minimum absolute atomic E-state index is 0.0944. The molecule has 1 aliphatic heterocycles. The molecule has 0 aliphatic carbocycles. The number of amides is 1. The van der Waals surface area contributed by atoms with Crippen LogP contribution >= 0.6 is 0 Å². The van der Waals surface area contributed by atoms with Gasteiger partial charge in [-0.25, -0.2) is 4.98 Å². The molecule has 1 fully saturated rings. The van der Waals surface area contributed by atoms with Gasteiger partial charge in [-0.15, -0.1) is 0 Å². The summed E-state index contributed by atoms with van der Waals surface area (Å²) in [5, 5.41) is 0. The highest BCUT2D eigenvalue weighted by atomic mass is 19.4. The molecule has 8 heteroatoms. The first-order chi connectivity index (χ1) is 13.4. The fraction of sp³-hybridized carbons (Fsp3) is 0.200. The molecule has 2 aromatic heterocycles. The summed E-state index contributed by atoms with van der Waals surface area (Å²) in [7, 11) is 0. The number of carbonyl (C=O) groups excluding carboxylic acids is 1. The predicted molar refractivity (Wildman–Crippen MR) is 95.3 cm³/mol. The van der Waals surface area contributed by atoms with E-state index in [4.69, 9.17) is 4.74 Å². The number of alkyl halides is 3. The molecule has 28 heavy (non-hydrogen) atoms. The summed E-state index contributed by atoms with van der Waals surface area (Å²) in [6, 6.07) is 14.6. The lowest BCUT2D eigenvalue weighted by Crippen LogP contribution is -2.56. The van der Waals surface area contributed by atoms with Crippen LogP contribution in [0.4, 0.5) is 13.2 Å². The van der Waals surface area contributed by atoms with Gasteiger partial charge in [-0.05, 0) is 42.5 Å². The molecule has 0 spiro atoms. The topological polar surface area (TPSA) is 47.4 Å². The second-order valence-electron chi connectivity index (χ2n) is 6.45. The molecular weight excluding hydrogens is 371 g/mol. The van der Waals surface area contributed by atoms with Crippen LogP contribution in [-0.2, 0) is 6.18 Å². The number of halogens is 3. The number of carbonyl (C=O) groups is 1. The van der Waals surface area contributed by atoms with Gasteiger partial charge in [-0.2, -0.15) is 13.2 Å². The van der Waals surface area contributed by atoms with Crippen LogP contribution in [-0.4, -0.2) is 39.6 Å². The first-order valence-corrected chi connectivity index (χ1v) is 8.64. The van der Waals surface area contributed by atoms with Crippen LogP contribution in [0.15, 0.2) is 67.0 Å². The van der Waals surface area contributed by atoms with Crippen molar-refractivity contribution in [3.63, 3.8) is 0 Å². The Morgan fingerprint density at radius 2 is 1.68 bits per heavy atom. The van der Waals surface area contributed by atoms with Gasteiger partial charge in [0, 0.05) is 29.7 Å². The summed E-state index contributed by atoms with van der Waals surface area (Å²) in [5.41, 5.74) is 0.494. The van der Waals surface area contributed by atoms with Crippen molar-refractivity contribution in [2.45, 2.75) is 12.3 Å². The molecule has 0 atom stereocenters. The Balaban J connectivity index is 1.34. The SMILES string of the molecule is O=C(c1ccc(-n2cccc2)cc1)N1CC(Oc2cccc(C(F)(F)F)n2)C1. The number of pyridine rings is 1. The summed E-state index contributed by atoms with van der Waals surface area (Å²) in [6.07, 6.45) is -1.07. The molecule has 1 aromatic carbocycles. The van der Waals surface area contributed by atoms with E-state index in [1.54, 1.807) is 17.0 Å². The molecule has 1 saturated heterocycles. The van der Waals surface area contributed by atoms with Gasteiger partial charge in [0.15, 0.2) is 0 Å². The van der Waals surface area contributed by atoms with E-state index in [2.05, 4.69) is 4.98 Å². The number of ether oxygens (including phenoxy) is 1. The molecule has 0 N–H and O–H groups in total. The van der Waals surface area contributed by atoms with Gasteiger partial charge in [0.1, 0.15) is 11.8 Å². The largest absolute Gasteiger partial charge is 0.471 e. The van der Waals surface area contributed by atoms with Gasteiger partial charge in [-0.1, -0.05) is 6.07 Å². The number of hydrogen-bond acceptors (Lipinski definition) is 3. The standard InChI is InChI=1S/C20H16F3N3O2/c21-20(22,23)17-4-3-5-18(24-17)28-16-12-26(13-16)19(27)14-6-8-15(9-7-14)25-10-1-2-11-25/h1-11,16H,12-13H2. The zero-order valence-electron chi connectivity index (χ0n) is 14.6. The van der Waals surface area contributed by atoms with E-state index >= 15 is 0 Å². The number of rotatable bonds is 4. The van der Waals surface area contributed by atoms with Crippen LogP contribution in [0, 0.1) is 0 Å². The smallest absolute Gasteiger partial charge is 0.433 e. The second kappa shape index (κ2) is 7.03. The van der Waals surface area contributed by atoms with Crippen molar-refractivity contribution in [3.8, 4) is 11.6 Å². The van der Waals surface area contributed by atoms with E-state index in [0.29, 0.717) is 18.7 Å². The highest BCUT2D eigenvalue weighted by Crippen LogP contribution is 2.29. The van der Waals surface area contributed by atoms with Crippen molar-refractivity contribution in [1.82, 2.24) is 14.5 Å². The number of nitrogens with zero attached hydrogens (tertiary/aromatic N) is 3. The number of hydrogen-bond donors (Lipinski definition) is 0. The Morgan fingerprint density at radius 3 is 2.32 bits per heavy atom. The Morgan fingerprint density at radius 1 is 1.00 bits per heavy atom. The Hall–Kier alpha value is -3.29. The quantitative estimate of drug-likeness (QED) is 0.684. The third-order valence-electron chi connectivity index (χ3n) is 4.45. The zero-order valence-corrected chi connectivity index (χ0v) is 14.6. The third kappa shape index (κ3) is 3.71. The van der Waals surface area contributed by atoms with Crippen molar-refractivity contribution in [1.29, 1.82) is 0 Å². The summed E-state index contributed by atoms with van der Waals surface area (Å²) in [5.74, 6) is -0.237. The summed E-state index contributed by atoms with van der Waals surface area (Å²) in [6.45, 7) is 0.603. The molecule has 0 saturated carbocycles.